The summed E-state index contributed by atoms with van der Waals surface area (Å²) in [5.74, 6) is 1.05. The lowest BCUT2D eigenvalue weighted by Gasteiger charge is -2.17. The van der Waals surface area contributed by atoms with Crippen LogP contribution in [0.4, 0.5) is 0 Å². The van der Waals surface area contributed by atoms with Gasteiger partial charge in [0.05, 0.1) is 0 Å². The fourth-order valence-corrected chi connectivity index (χ4v) is 2.94. The monoisotopic (exact) mass is 281 g/mol. The highest BCUT2D eigenvalue weighted by molar-refractivity contribution is 5.71. The average Bonchev–Trinajstić information content (AvgIpc) is 2.40. The second-order valence-electron chi connectivity index (χ2n) is 6.70. The Hall–Kier alpha value is -1.63. The van der Waals surface area contributed by atoms with Crippen molar-refractivity contribution in [2.45, 2.75) is 60.3 Å². The molecule has 0 aliphatic rings. The predicted molar refractivity (Wildman–Crippen MR) is 92.1 cm³/mol. The number of pyridine rings is 1. The van der Waals surface area contributed by atoms with Crippen molar-refractivity contribution in [2.75, 3.05) is 0 Å². The van der Waals surface area contributed by atoms with Gasteiger partial charge in [-0.05, 0) is 60.9 Å². The van der Waals surface area contributed by atoms with Crippen LogP contribution < -0.4 is 0 Å². The van der Waals surface area contributed by atoms with Crippen LogP contribution in [0.25, 0.3) is 11.1 Å². The van der Waals surface area contributed by atoms with E-state index in [1.807, 2.05) is 0 Å². The van der Waals surface area contributed by atoms with Crippen LogP contribution in [0.1, 0.15) is 67.6 Å². The molecule has 1 aromatic carbocycles. The highest BCUT2D eigenvalue weighted by atomic mass is 14.7. The maximum atomic E-state index is 4.78. The summed E-state index contributed by atoms with van der Waals surface area (Å²) in [5.41, 5.74) is 9.03. The Kier molecular flexibility index (Phi) is 4.51. The molecule has 1 aromatic heterocycles. The topological polar surface area (TPSA) is 12.9 Å². The van der Waals surface area contributed by atoms with Gasteiger partial charge in [0, 0.05) is 17.0 Å². The van der Waals surface area contributed by atoms with Gasteiger partial charge < -0.3 is 0 Å². The molecule has 0 spiro atoms. The molecule has 0 unspecified atom stereocenters. The first kappa shape index (κ1) is 15.8. The number of aromatic nitrogens is 1. The lowest BCUT2D eigenvalue weighted by atomic mass is 9.90. The summed E-state index contributed by atoms with van der Waals surface area (Å²) in [7, 11) is 0. The number of benzene rings is 1. The second kappa shape index (κ2) is 6.01. The first-order valence-electron chi connectivity index (χ1n) is 7.90. The van der Waals surface area contributed by atoms with E-state index in [1.54, 1.807) is 0 Å². The first-order chi connectivity index (χ1) is 9.81. The summed E-state index contributed by atoms with van der Waals surface area (Å²) in [4.78, 5) is 4.78. The van der Waals surface area contributed by atoms with E-state index in [0.717, 1.165) is 5.69 Å². The maximum Gasteiger partial charge on any atom is 0.0454 e. The molecule has 112 valence electrons. The summed E-state index contributed by atoms with van der Waals surface area (Å²) in [6, 6.07) is 9.06. The van der Waals surface area contributed by atoms with Crippen molar-refractivity contribution in [3.05, 3.63) is 52.3 Å². The van der Waals surface area contributed by atoms with Gasteiger partial charge in [0.15, 0.2) is 0 Å². The number of hydrogen-bond donors (Lipinski definition) is 0. The normalized spacial score (nSPS) is 11.5. The molecule has 1 heterocycles. The van der Waals surface area contributed by atoms with Crippen LogP contribution in [0.2, 0.25) is 0 Å². The highest BCUT2D eigenvalue weighted by Gasteiger charge is 2.12. The van der Waals surface area contributed by atoms with Crippen molar-refractivity contribution in [1.82, 2.24) is 4.98 Å². The summed E-state index contributed by atoms with van der Waals surface area (Å²) in [6.45, 7) is 15.4. The van der Waals surface area contributed by atoms with Crippen LogP contribution in [-0.4, -0.2) is 4.98 Å². The zero-order valence-electron chi connectivity index (χ0n) is 14.4. The molecular formula is C20H27N. The van der Waals surface area contributed by atoms with Crippen molar-refractivity contribution < 1.29 is 0 Å². The Bertz CT molecular complexity index is 651. The van der Waals surface area contributed by atoms with Crippen LogP contribution in [0.15, 0.2) is 24.3 Å². The van der Waals surface area contributed by atoms with Gasteiger partial charge in [-0.3, -0.25) is 4.98 Å². The molecule has 2 rings (SSSR count). The quantitative estimate of drug-likeness (QED) is 0.680. The Morgan fingerprint density at radius 3 is 1.95 bits per heavy atom. The van der Waals surface area contributed by atoms with E-state index in [2.05, 4.69) is 72.7 Å². The van der Waals surface area contributed by atoms with E-state index < -0.39 is 0 Å². The van der Waals surface area contributed by atoms with Gasteiger partial charge >= 0.3 is 0 Å². The van der Waals surface area contributed by atoms with Crippen molar-refractivity contribution in [3.63, 3.8) is 0 Å². The van der Waals surface area contributed by atoms with Crippen LogP contribution in [0, 0.1) is 20.8 Å². The molecule has 1 heteroatoms. The Morgan fingerprint density at radius 2 is 1.43 bits per heavy atom. The van der Waals surface area contributed by atoms with Crippen molar-refractivity contribution in [3.8, 4) is 11.1 Å². The van der Waals surface area contributed by atoms with Gasteiger partial charge in [-0.1, -0.05) is 45.9 Å². The molecule has 0 saturated heterocycles. The number of hydrogen-bond acceptors (Lipinski definition) is 1. The molecule has 0 aliphatic heterocycles. The SMILES string of the molecule is Cc1cc(C(C)C)c(C)cc1-c1ccc(C(C)C)nc1C. The number of nitrogens with zero attached hydrogens (tertiary/aromatic N) is 1. The van der Waals surface area contributed by atoms with E-state index >= 15 is 0 Å². The number of rotatable bonds is 3. The molecule has 2 aromatic rings. The van der Waals surface area contributed by atoms with Crippen LogP contribution in [-0.2, 0) is 0 Å². The van der Waals surface area contributed by atoms with Crippen molar-refractivity contribution in [2.24, 2.45) is 0 Å². The summed E-state index contributed by atoms with van der Waals surface area (Å²) in [6.07, 6.45) is 0. The van der Waals surface area contributed by atoms with Gasteiger partial charge in [0.2, 0.25) is 0 Å². The Balaban J connectivity index is 2.55. The third-order valence-electron chi connectivity index (χ3n) is 4.22. The molecular weight excluding hydrogens is 254 g/mol. The van der Waals surface area contributed by atoms with Gasteiger partial charge in [-0.15, -0.1) is 0 Å². The maximum absolute atomic E-state index is 4.78. The average molecular weight is 281 g/mol. The zero-order valence-corrected chi connectivity index (χ0v) is 14.4. The summed E-state index contributed by atoms with van der Waals surface area (Å²) >= 11 is 0. The smallest absolute Gasteiger partial charge is 0.0454 e. The van der Waals surface area contributed by atoms with Crippen LogP contribution in [0.5, 0.6) is 0 Å². The molecule has 0 radical (unpaired) electrons. The highest BCUT2D eigenvalue weighted by Crippen LogP contribution is 2.31. The molecule has 21 heavy (non-hydrogen) atoms. The minimum atomic E-state index is 0.476. The summed E-state index contributed by atoms with van der Waals surface area (Å²) in [5, 5.41) is 0. The van der Waals surface area contributed by atoms with E-state index in [4.69, 9.17) is 4.98 Å². The predicted octanol–water partition coefficient (Wildman–Crippen LogP) is 5.92. The summed E-state index contributed by atoms with van der Waals surface area (Å²) < 4.78 is 0. The molecule has 1 nitrogen and oxygen atoms in total. The molecule has 0 saturated carbocycles. The minimum Gasteiger partial charge on any atom is -0.257 e. The van der Waals surface area contributed by atoms with Gasteiger partial charge in [0.25, 0.3) is 0 Å². The van der Waals surface area contributed by atoms with Crippen LogP contribution in [0.3, 0.4) is 0 Å². The standard InChI is InChI=1S/C20H27N/c1-12(2)18-10-15(6)19(11-14(18)5)17-8-9-20(13(3)4)21-16(17)7/h8-13H,1-7H3. The fourth-order valence-electron chi connectivity index (χ4n) is 2.94. The van der Waals surface area contributed by atoms with Gasteiger partial charge in [-0.2, -0.15) is 0 Å². The van der Waals surface area contributed by atoms with E-state index in [-0.39, 0.29) is 0 Å². The largest absolute Gasteiger partial charge is 0.257 e. The lowest BCUT2D eigenvalue weighted by Crippen LogP contribution is -1.99. The Morgan fingerprint density at radius 1 is 0.762 bits per heavy atom. The number of aryl methyl sites for hydroxylation is 3. The Labute approximate surface area is 129 Å². The van der Waals surface area contributed by atoms with Gasteiger partial charge in [-0.25, -0.2) is 0 Å². The molecule has 0 amide bonds. The van der Waals surface area contributed by atoms with E-state index in [0.29, 0.717) is 11.8 Å². The van der Waals surface area contributed by atoms with E-state index in [9.17, 15) is 0 Å². The first-order valence-corrected chi connectivity index (χ1v) is 7.90. The second-order valence-corrected chi connectivity index (χ2v) is 6.70. The minimum absolute atomic E-state index is 0.476. The molecule has 0 atom stereocenters. The third kappa shape index (κ3) is 3.18. The van der Waals surface area contributed by atoms with Crippen molar-refractivity contribution in [1.29, 1.82) is 0 Å². The van der Waals surface area contributed by atoms with Crippen molar-refractivity contribution >= 4 is 0 Å². The van der Waals surface area contributed by atoms with Gasteiger partial charge in [0.1, 0.15) is 0 Å². The zero-order chi connectivity index (χ0) is 15.7. The van der Waals surface area contributed by atoms with Crippen LogP contribution >= 0.6 is 0 Å². The lowest BCUT2D eigenvalue weighted by molar-refractivity contribution is 0.816. The molecule has 0 N–H and O–H groups in total. The molecule has 0 fully saturated rings. The fraction of sp³-hybridized carbons (Fsp3) is 0.450. The molecule has 0 aliphatic carbocycles. The molecule has 0 bridgehead atoms. The third-order valence-corrected chi connectivity index (χ3v) is 4.22. The van der Waals surface area contributed by atoms with E-state index in [1.165, 1.54) is 33.5 Å².